The van der Waals surface area contributed by atoms with Crippen LogP contribution in [0.2, 0.25) is 19.6 Å². The van der Waals surface area contributed by atoms with Crippen molar-refractivity contribution in [3.63, 3.8) is 0 Å². The Hall–Kier alpha value is -0.163. The van der Waals surface area contributed by atoms with Crippen molar-refractivity contribution >= 4 is 29.3 Å². The van der Waals surface area contributed by atoms with Gasteiger partial charge in [0.05, 0.1) is 5.32 Å². The second-order valence-corrected chi connectivity index (χ2v) is 9.33. The molecule has 0 radical (unpaired) electrons. The van der Waals surface area contributed by atoms with Crippen LogP contribution in [0.3, 0.4) is 0 Å². The van der Waals surface area contributed by atoms with E-state index in [1.54, 1.807) is 0 Å². The highest BCUT2D eigenvalue weighted by Gasteiger charge is 2.24. The van der Waals surface area contributed by atoms with Gasteiger partial charge in [0.2, 0.25) is 0 Å². The fourth-order valence-corrected chi connectivity index (χ4v) is 4.92. The minimum Gasteiger partial charge on any atom is -0.256 e. The number of rotatable bonds is 1. The van der Waals surface area contributed by atoms with E-state index < -0.39 is 8.07 Å². The first-order chi connectivity index (χ1) is 4.93. The van der Waals surface area contributed by atoms with Crippen molar-refractivity contribution in [3.8, 4) is 0 Å². The van der Waals surface area contributed by atoms with Gasteiger partial charge in [-0.25, -0.2) is 0 Å². The maximum atomic E-state index is 3.95. The first kappa shape index (κ1) is 8.93. The maximum absolute atomic E-state index is 3.95. The second-order valence-electron chi connectivity index (χ2n) is 3.60. The standard InChI is InChI=1S/C6H12BrN3Si/c1-10-6(11(2,3)4)5(7)8-9-10/h1-4H3. The molecule has 0 amide bonds. The molecule has 11 heavy (non-hydrogen) atoms. The third-order valence-corrected chi connectivity index (χ3v) is 4.38. The van der Waals surface area contributed by atoms with E-state index in [0.29, 0.717) is 0 Å². The number of aryl methyl sites for hydroxylation is 1. The lowest BCUT2D eigenvalue weighted by Crippen LogP contribution is -2.43. The van der Waals surface area contributed by atoms with E-state index in [1.165, 1.54) is 5.32 Å². The summed E-state index contributed by atoms with van der Waals surface area (Å²) in [6.07, 6.45) is 0. The molecule has 0 spiro atoms. The van der Waals surface area contributed by atoms with Gasteiger partial charge in [-0.2, -0.15) is 0 Å². The molecule has 0 bridgehead atoms. The SMILES string of the molecule is Cn1nnc(Br)c1[Si](C)(C)C. The molecule has 0 saturated carbocycles. The van der Waals surface area contributed by atoms with E-state index >= 15 is 0 Å². The zero-order valence-corrected chi connectivity index (χ0v) is 9.81. The summed E-state index contributed by atoms with van der Waals surface area (Å²) in [5, 5.41) is 9.15. The van der Waals surface area contributed by atoms with Gasteiger partial charge in [-0.15, -0.1) is 5.10 Å². The summed E-state index contributed by atoms with van der Waals surface area (Å²) in [6, 6.07) is 0. The van der Waals surface area contributed by atoms with Crippen molar-refractivity contribution in [2.75, 3.05) is 0 Å². The Morgan fingerprint density at radius 3 is 2.09 bits per heavy atom. The molecule has 5 heteroatoms. The van der Waals surface area contributed by atoms with Gasteiger partial charge in [-0.05, 0) is 15.9 Å². The molecule has 0 unspecified atom stereocenters. The van der Waals surface area contributed by atoms with Crippen LogP contribution in [0, 0.1) is 0 Å². The van der Waals surface area contributed by atoms with Crippen molar-refractivity contribution in [1.29, 1.82) is 0 Å². The quantitative estimate of drug-likeness (QED) is 0.682. The van der Waals surface area contributed by atoms with Gasteiger partial charge in [0, 0.05) is 7.05 Å². The van der Waals surface area contributed by atoms with Gasteiger partial charge in [-0.3, -0.25) is 4.68 Å². The number of nitrogens with zero attached hydrogens (tertiary/aromatic N) is 3. The van der Waals surface area contributed by atoms with Crippen LogP contribution in [0.4, 0.5) is 0 Å². The zero-order chi connectivity index (χ0) is 8.65. The monoisotopic (exact) mass is 233 g/mol. The second kappa shape index (κ2) is 2.71. The number of halogens is 1. The van der Waals surface area contributed by atoms with Gasteiger partial charge >= 0.3 is 0 Å². The van der Waals surface area contributed by atoms with Crippen LogP contribution in [-0.2, 0) is 7.05 Å². The molecule has 62 valence electrons. The van der Waals surface area contributed by atoms with Crippen molar-refractivity contribution in [2.24, 2.45) is 7.05 Å². The van der Waals surface area contributed by atoms with E-state index in [0.717, 1.165) is 4.60 Å². The van der Waals surface area contributed by atoms with E-state index in [-0.39, 0.29) is 0 Å². The number of hydrogen-bond donors (Lipinski definition) is 0. The highest BCUT2D eigenvalue weighted by atomic mass is 79.9. The van der Waals surface area contributed by atoms with Crippen molar-refractivity contribution < 1.29 is 0 Å². The summed E-state index contributed by atoms with van der Waals surface area (Å²) >= 11 is 3.39. The Morgan fingerprint density at radius 2 is 1.91 bits per heavy atom. The Balaban J connectivity index is 3.21. The molecule has 1 aromatic rings. The van der Waals surface area contributed by atoms with Crippen molar-refractivity contribution in [3.05, 3.63) is 4.60 Å². The maximum Gasteiger partial charge on any atom is 0.147 e. The lowest BCUT2D eigenvalue weighted by atomic mass is 10.9. The third-order valence-electron chi connectivity index (χ3n) is 1.50. The van der Waals surface area contributed by atoms with Crippen LogP contribution in [0.25, 0.3) is 0 Å². The largest absolute Gasteiger partial charge is 0.256 e. The third kappa shape index (κ3) is 1.70. The molecule has 0 N–H and O–H groups in total. The topological polar surface area (TPSA) is 30.7 Å². The molecule has 1 aromatic heterocycles. The summed E-state index contributed by atoms with van der Waals surface area (Å²) in [5.74, 6) is 0. The van der Waals surface area contributed by atoms with E-state index in [4.69, 9.17) is 0 Å². The molecule has 3 nitrogen and oxygen atoms in total. The Labute approximate surface area is 75.9 Å². The van der Waals surface area contributed by atoms with Crippen LogP contribution in [-0.4, -0.2) is 23.1 Å². The molecule has 0 aliphatic heterocycles. The van der Waals surface area contributed by atoms with Crippen LogP contribution in [0.15, 0.2) is 4.60 Å². The Kier molecular flexibility index (Phi) is 2.20. The number of aromatic nitrogens is 3. The van der Waals surface area contributed by atoms with Gasteiger partial charge in [-0.1, -0.05) is 24.9 Å². The van der Waals surface area contributed by atoms with Crippen molar-refractivity contribution in [2.45, 2.75) is 19.6 Å². The summed E-state index contributed by atoms with van der Waals surface area (Å²) in [7, 11) is 0.657. The first-order valence-electron chi connectivity index (χ1n) is 3.48. The van der Waals surface area contributed by atoms with Crippen LogP contribution < -0.4 is 5.32 Å². The Morgan fingerprint density at radius 1 is 1.36 bits per heavy atom. The number of hydrogen-bond acceptors (Lipinski definition) is 2. The van der Waals surface area contributed by atoms with Gasteiger partial charge in [0.1, 0.15) is 12.7 Å². The van der Waals surface area contributed by atoms with E-state index in [9.17, 15) is 0 Å². The summed E-state index contributed by atoms with van der Waals surface area (Å²) in [6.45, 7) is 6.82. The lowest BCUT2D eigenvalue weighted by Gasteiger charge is -2.15. The van der Waals surface area contributed by atoms with E-state index in [1.807, 2.05) is 11.7 Å². The molecular weight excluding hydrogens is 222 g/mol. The van der Waals surface area contributed by atoms with E-state index in [2.05, 4.69) is 45.9 Å². The summed E-state index contributed by atoms with van der Waals surface area (Å²) in [4.78, 5) is 0. The zero-order valence-electron chi connectivity index (χ0n) is 7.22. The Bertz CT molecular complexity index is 244. The highest BCUT2D eigenvalue weighted by molar-refractivity contribution is 9.10. The smallest absolute Gasteiger partial charge is 0.147 e. The molecule has 1 heterocycles. The van der Waals surface area contributed by atoms with Gasteiger partial charge in [0.15, 0.2) is 0 Å². The van der Waals surface area contributed by atoms with Gasteiger partial charge in [0.25, 0.3) is 0 Å². The minimum absolute atomic E-state index is 0.902. The molecular formula is C6H12BrN3Si. The molecule has 0 atom stereocenters. The molecule has 0 saturated heterocycles. The molecule has 0 aliphatic carbocycles. The average molecular weight is 234 g/mol. The predicted molar refractivity (Wildman–Crippen MR) is 51.7 cm³/mol. The molecule has 0 aromatic carbocycles. The molecule has 1 rings (SSSR count). The lowest BCUT2D eigenvalue weighted by molar-refractivity contribution is 0.726. The fourth-order valence-electron chi connectivity index (χ4n) is 1.13. The summed E-state index contributed by atoms with van der Waals surface area (Å²) in [5.41, 5.74) is 0. The highest BCUT2D eigenvalue weighted by Crippen LogP contribution is 2.08. The van der Waals surface area contributed by atoms with Crippen LogP contribution >= 0.6 is 15.9 Å². The van der Waals surface area contributed by atoms with Gasteiger partial charge < -0.3 is 0 Å². The van der Waals surface area contributed by atoms with Crippen molar-refractivity contribution in [1.82, 2.24) is 15.0 Å². The average Bonchev–Trinajstić information content (AvgIpc) is 2.08. The fraction of sp³-hybridized carbons (Fsp3) is 0.667. The van der Waals surface area contributed by atoms with Crippen LogP contribution in [0.1, 0.15) is 0 Å². The first-order valence-corrected chi connectivity index (χ1v) is 7.78. The molecule has 0 aliphatic rings. The predicted octanol–water partition coefficient (Wildman–Crippen LogP) is 1.12. The summed E-state index contributed by atoms with van der Waals surface area (Å²) < 4.78 is 2.76. The normalized spacial score (nSPS) is 12.1. The minimum atomic E-state index is -1.28. The van der Waals surface area contributed by atoms with Crippen LogP contribution in [0.5, 0.6) is 0 Å². The molecule has 0 fully saturated rings.